The summed E-state index contributed by atoms with van der Waals surface area (Å²) < 4.78 is 5.65. The average molecular weight is 479 g/mol. The van der Waals surface area contributed by atoms with Gasteiger partial charge in [0.05, 0.1) is 17.9 Å². The second-order valence-corrected chi connectivity index (χ2v) is 9.78. The number of nitrogens with one attached hydrogen (secondary N) is 1. The predicted octanol–water partition coefficient (Wildman–Crippen LogP) is 2.99. The Morgan fingerprint density at radius 1 is 0.971 bits per heavy atom. The number of aliphatic hydroxyl groups excluding tert-OH is 1. The number of benzene rings is 2. The average Bonchev–Trinajstić information content (AvgIpc) is 3.44. The molecule has 0 radical (unpaired) electrons. The molecule has 3 aliphatic rings. The highest BCUT2D eigenvalue weighted by atomic mass is 16.5. The molecule has 5 rings (SSSR count). The van der Waals surface area contributed by atoms with Crippen molar-refractivity contribution < 1.29 is 29.3 Å². The van der Waals surface area contributed by atoms with Crippen LogP contribution in [-0.2, 0) is 14.3 Å². The predicted molar refractivity (Wildman–Crippen MR) is 128 cm³/mol. The van der Waals surface area contributed by atoms with Crippen LogP contribution >= 0.6 is 0 Å². The third-order valence-electron chi connectivity index (χ3n) is 7.57. The lowest BCUT2D eigenvalue weighted by Crippen LogP contribution is -2.52. The number of nitrogens with zero attached hydrogens (tertiary/aromatic N) is 1. The Balaban J connectivity index is 1.21. The lowest BCUT2D eigenvalue weighted by Gasteiger charge is -2.36. The fourth-order valence-electron chi connectivity index (χ4n) is 5.89. The molecular formula is C27H30N2O6. The van der Waals surface area contributed by atoms with E-state index in [0.717, 1.165) is 28.7 Å². The van der Waals surface area contributed by atoms with Gasteiger partial charge in [-0.25, -0.2) is 4.79 Å². The van der Waals surface area contributed by atoms with E-state index in [1.807, 2.05) is 24.3 Å². The van der Waals surface area contributed by atoms with Crippen molar-refractivity contribution in [2.24, 2.45) is 11.8 Å². The van der Waals surface area contributed by atoms with Crippen LogP contribution < -0.4 is 5.32 Å². The molecule has 2 aromatic carbocycles. The van der Waals surface area contributed by atoms with Crippen molar-refractivity contribution in [3.63, 3.8) is 0 Å². The third kappa shape index (κ3) is 4.62. The van der Waals surface area contributed by atoms with Gasteiger partial charge in [0.15, 0.2) is 0 Å². The fourth-order valence-corrected chi connectivity index (χ4v) is 5.89. The summed E-state index contributed by atoms with van der Waals surface area (Å²) in [5, 5.41) is 22.3. The van der Waals surface area contributed by atoms with E-state index in [2.05, 4.69) is 29.6 Å². The number of carbonyl (C=O) groups excluding carboxylic acids is 2. The molecule has 1 saturated heterocycles. The smallest absolute Gasteiger partial charge is 0.407 e. The molecule has 0 bridgehead atoms. The lowest BCUT2D eigenvalue weighted by molar-refractivity contribution is -0.150. The molecule has 4 atom stereocenters. The first-order valence-electron chi connectivity index (χ1n) is 12.2. The maximum atomic E-state index is 13.2. The second-order valence-electron chi connectivity index (χ2n) is 9.78. The van der Waals surface area contributed by atoms with Crippen LogP contribution in [0.3, 0.4) is 0 Å². The largest absolute Gasteiger partial charge is 0.481 e. The van der Waals surface area contributed by atoms with Gasteiger partial charge in [-0.3, -0.25) is 9.59 Å². The normalized spacial score (nSPS) is 25.6. The number of hydrogen-bond donors (Lipinski definition) is 3. The maximum absolute atomic E-state index is 13.2. The van der Waals surface area contributed by atoms with Crippen LogP contribution in [0.2, 0.25) is 0 Å². The highest BCUT2D eigenvalue weighted by Crippen LogP contribution is 2.44. The van der Waals surface area contributed by atoms with Gasteiger partial charge in [-0.15, -0.1) is 0 Å². The summed E-state index contributed by atoms with van der Waals surface area (Å²) in [6, 6.07) is 15.9. The van der Waals surface area contributed by atoms with Crippen LogP contribution in [0.4, 0.5) is 4.79 Å². The van der Waals surface area contributed by atoms with Gasteiger partial charge in [-0.1, -0.05) is 55.0 Å². The molecule has 184 valence electrons. The zero-order valence-electron chi connectivity index (χ0n) is 19.4. The van der Waals surface area contributed by atoms with E-state index in [0.29, 0.717) is 12.8 Å². The Labute approximate surface area is 203 Å². The van der Waals surface area contributed by atoms with Gasteiger partial charge in [0, 0.05) is 25.0 Å². The highest BCUT2D eigenvalue weighted by Gasteiger charge is 2.40. The van der Waals surface area contributed by atoms with E-state index < -0.39 is 30.0 Å². The Morgan fingerprint density at radius 2 is 1.63 bits per heavy atom. The number of carboxylic acids is 1. The first kappa shape index (κ1) is 23.4. The van der Waals surface area contributed by atoms with Gasteiger partial charge in [0.1, 0.15) is 6.61 Å². The van der Waals surface area contributed by atoms with Crippen LogP contribution in [-0.4, -0.2) is 64.9 Å². The zero-order valence-corrected chi connectivity index (χ0v) is 19.4. The molecule has 2 fully saturated rings. The molecule has 2 aliphatic carbocycles. The number of ether oxygens (including phenoxy) is 1. The van der Waals surface area contributed by atoms with Crippen molar-refractivity contribution in [2.45, 2.75) is 43.7 Å². The standard InChI is InChI=1S/C27H30N2O6/c30-17-12-16(26(32)33)13-29(14-17)25(31)22-10-5-11-24(22)28-27(34)35-15-23-20-8-3-1-6-18(20)19-7-2-4-9-21(19)23/h1-4,6-9,16-17,22-24,30H,5,10-15H2,(H,28,34)(H,32,33). The number of likely N-dealkylation sites (tertiary alicyclic amines) is 1. The van der Waals surface area contributed by atoms with Crippen molar-refractivity contribution in [1.82, 2.24) is 10.2 Å². The minimum absolute atomic E-state index is 0.0445. The summed E-state index contributed by atoms with van der Waals surface area (Å²) in [6.07, 6.45) is 0.772. The maximum Gasteiger partial charge on any atom is 0.407 e. The number of β-amino-alcohol motifs (C(OH)–C–C–N with tert-alkyl or cyclic N) is 1. The Bertz CT molecular complexity index is 1090. The number of amides is 2. The number of piperidine rings is 1. The molecule has 1 heterocycles. The summed E-state index contributed by atoms with van der Waals surface area (Å²) in [5.41, 5.74) is 4.57. The SMILES string of the molecule is O=C(NC1CCCC1C(=O)N1CC(O)CC(C(=O)O)C1)OCC1c2ccccc2-c2ccccc21. The quantitative estimate of drug-likeness (QED) is 0.609. The summed E-state index contributed by atoms with van der Waals surface area (Å²) >= 11 is 0. The van der Waals surface area contributed by atoms with Crippen molar-refractivity contribution in [2.75, 3.05) is 19.7 Å². The number of hydrogen-bond acceptors (Lipinski definition) is 5. The molecular weight excluding hydrogens is 448 g/mol. The molecule has 35 heavy (non-hydrogen) atoms. The molecule has 8 heteroatoms. The third-order valence-corrected chi connectivity index (χ3v) is 7.57. The Morgan fingerprint density at radius 3 is 2.29 bits per heavy atom. The van der Waals surface area contributed by atoms with Crippen LogP contribution in [0.25, 0.3) is 11.1 Å². The number of alkyl carbamates (subject to hydrolysis) is 1. The van der Waals surface area contributed by atoms with Gasteiger partial charge < -0.3 is 25.2 Å². The number of aliphatic hydroxyl groups is 1. The molecule has 2 amide bonds. The molecule has 1 aliphatic heterocycles. The molecule has 8 nitrogen and oxygen atoms in total. The highest BCUT2D eigenvalue weighted by molar-refractivity contribution is 5.82. The van der Waals surface area contributed by atoms with Crippen molar-refractivity contribution in [1.29, 1.82) is 0 Å². The molecule has 2 aromatic rings. The van der Waals surface area contributed by atoms with E-state index in [1.165, 1.54) is 4.90 Å². The number of fused-ring (bicyclic) bond motifs is 3. The monoisotopic (exact) mass is 478 g/mol. The van der Waals surface area contributed by atoms with Gasteiger partial charge in [-0.2, -0.15) is 0 Å². The Kier molecular flexibility index (Phi) is 6.47. The van der Waals surface area contributed by atoms with Crippen molar-refractivity contribution in [3.8, 4) is 11.1 Å². The molecule has 4 unspecified atom stereocenters. The van der Waals surface area contributed by atoms with E-state index in [9.17, 15) is 24.6 Å². The van der Waals surface area contributed by atoms with Crippen molar-refractivity contribution in [3.05, 3.63) is 59.7 Å². The zero-order chi connectivity index (χ0) is 24.5. The van der Waals surface area contributed by atoms with Crippen molar-refractivity contribution >= 4 is 18.0 Å². The van der Waals surface area contributed by atoms with Gasteiger partial charge in [0.2, 0.25) is 5.91 Å². The molecule has 3 N–H and O–H groups in total. The second kappa shape index (κ2) is 9.70. The van der Waals surface area contributed by atoms with E-state index in [4.69, 9.17) is 4.74 Å². The summed E-state index contributed by atoms with van der Waals surface area (Å²) in [7, 11) is 0. The minimum atomic E-state index is -1.01. The van der Waals surface area contributed by atoms with Gasteiger partial charge in [0.25, 0.3) is 0 Å². The topological polar surface area (TPSA) is 116 Å². The van der Waals surface area contributed by atoms with Crippen LogP contribution in [0.15, 0.2) is 48.5 Å². The molecule has 0 aromatic heterocycles. The molecule has 1 saturated carbocycles. The van der Waals surface area contributed by atoms with Crippen LogP contribution in [0, 0.1) is 11.8 Å². The minimum Gasteiger partial charge on any atom is -0.481 e. The van der Waals surface area contributed by atoms with E-state index in [-0.39, 0.29) is 44.0 Å². The summed E-state index contributed by atoms with van der Waals surface area (Å²) in [4.78, 5) is 38.8. The summed E-state index contributed by atoms with van der Waals surface area (Å²) in [6.45, 7) is 0.403. The first-order chi connectivity index (χ1) is 16.9. The first-order valence-corrected chi connectivity index (χ1v) is 12.2. The van der Waals surface area contributed by atoms with E-state index in [1.54, 1.807) is 0 Å². The Hall–Kier alpha value is -3.39. The van der Waals surface area contributed by atoms with E-state index >= 15 is 0 Å². The van der Waals surface area contributed by atoms with Gasteiger partial charge >= 0.3 is 12.1 Å². The summed E-state index contributed by atoms with van der Waals surface area (Å²) in [5.74, 6) is -2.50. The number of carbonyl (C=O) groups is 3. The lowest BCUT2D eigenvalue weighted by atomic mass is 9.93. The fraction of sp³-hybridized carbons (Fsp3) is 0.444. The number of rotatable bonds is 5. The van der Waals surface area contributed by atoms with Crippen LogP contribution in [0.1, 0.15) is 42.7 Å². The number of carboxylic acid groups (broad SMARTS) is 1. The van der Waals surface area contributed by atoms with Gasteiger partial charge in [-0.05, 0) is 41.5 Å². The molecule has 0 spiro atoms. The number of aliphatic carboxylic acids is 1. The van der Waals surface area contributed by atoms with Crippen LogP contribution in [0.5, 0.6) is 0 Å².